The first-order chi connectivity index (χ1) is 5.70. The van der Waals surface area contributed by atoms with Crippen LogP contribution < -0.4 is 5.32 Å². The summed E-state index contributed by atoms with van der Waals surface area (Å²) in [6.07, 6.45) is -0.195. The largest absolute Gasteiger partial charge is 0.481 e. The molecule has 0 aliphatic heterocycles. The van der Waals surface area contributed by atoms with E-state index in [0.717, 1.165) is 0 Å². The summed E-state index contributed by atoms with van der Waals surface area (Å²) >= 11 is 0. The fourth-order valence-electron chi connectivity index (χ4n) is 0.678. The number of aliphatic carboxylic acids is 1. The summed E-state index contributed by atoms with van der Waals surface area (Å²) in [5.74, 6) is -0.811. The van der Waals surface area contributed by atoms with Crippen molar-refractivity contribution in [3.63, 3.8) is 0 Å². The van der Waals surface area contributed by atoms with Crippen LogP contribution in [-0.4, -0.2) is 44.7 Å². The van der Waals surface area contributed by atoms with Crippen LogP contribution in [0.25, 0.3) is 0 Å². The number of carboxylic acids is 1. The topological polar surface area (TPSA) is 67.8 Å². The monoisotopic (exact) mass is 177 g/mol. The van der Waals surface area contributed by atoms with Crippen molar-refractivity contribution in [2.75, 3.05) is 27.3 Å². The molecule has 0 aliphatic carbocycles. The highest BCUT2D eigenvalue weighted by Crippen LogP contribution is 1.87. The SMILES string of the molecule is COC(CNCCC(=O)O)OC. The molecular formula is C7H15NO4. The van der Waals surface area contributed by atoms with Gasteiger partial charge in [0.15, 0.2) is 6.29 Å². The van der Waals surface area contributed by atoms with Crippen molar-refractivity contribution in [1.29, 1.82) is 0 Å². The van der Waals surface area contributed by atoms with Crippen LogP contribution in [0.1, 0.15) is 6.42 Å². The Bertz CT molecular complexity index is 125. The van der Waals surface area contributed by atoms with Gasteiger partial charge in [-0.15, -0.1) is 0 Å². The summed E-state index contributed by atoms with van der Waals surface area (Å²) in [5.41, 5.74) is 0. The van der Waals surface area contributed by atoms with Crippen LogP contribution in [0.5, 0.6) is 0 Å². The predicted octanol–water partition coefficient (Wildman–Crippen LogP) is -0.330. The molecule has 0 fully saturated rings. The standard InChI is InChI=1S/C7H15NO4/c1-11-7(12-2)5-8-4-3-6(9)10/h7-8H,3-5H2,1-2H3,(H,9,10). The molecule has 0 heterocycles. The molecule has 0 radical (unpaired) electrons. The van der Waals surface area contributed by atoms with Crippen molar-refractivity contribution < 1.29 is 19.4 Å². The van der Waals surface area contributed by atoms with E-state index in [1.807, 2.05) is 0 Å². The predicted molar refractivity (Wildman–Crippen MR) is 42.9 cm³/mol. The van der Waals surface area contributed by atoms with Gasteiger partial charge in [0.1, 0.15) is 0 Å². The molecule has 5 nitrogen and oxygen atoms in total. The maximum atomic E-state index is 10.1. The Morgan fingerprint density at radius 1 is 1.50 bits per heavy atom. The number of hydrogen-bond donors (Lipinski definition) is 2. The highest BCUT2D eigenvalue weighted by Gasteiger charge is 2.03. The Hall–Kier alpha value is -0.650. The van der Waals surface area contributed by atoms with E-state index in [1.54, 1.807) is 0 Å². The van der Waals surface area contributed by atoms with Gasteiger partial charge in [-0.2, -0.15) is 0 Å². The lowest BCUT2D eigenvalue weighted by Crippen LogP contribution is -2.31. The number of carboxylic acid groups (broad SMARTS) is 1. The van der Waals surface area contributed by atoms with Crippen LogP contribution in [0.3, 0.4) is 0 Å². The van der Waals surface area contributed by atoms with Gasteiger partial charge in [0.05, 0.1) is 6.42 Å². The van der Waals surface area contributed by atoms with Gasteiger partial charge in [-0.1, -0.05) is 0 Å². The van der Waals surface area contributed by atoms with E-state index in [-0.39, 0.29) is 12.7 Å². The number of hydrogen-bond acceptors (Lipinski definition) is 4. The number of rotatable bonds is 7. The van der Waals surface area contributed by atoms with E-state index < -0.39 is 5.97 Å². The second-order valence-electron chi connectivity index (χ2n) is 2.25. The highest BCUT2D eigenvalue weighted by molar-refractivity contribution is 5.66. The molecule has 0 saturated carbocycles. The first kappa shape index (κ1) is 11.4. The van der Waals surface area contributed by atoms with Gasteiger partial charge in [-0.25, -0.2) is 0 Å². The van der Waals surface area contributed by atoms with Crippen molar-refractivity contribution >= 4 is 5.97 Å². The number of nitrogens with one attached hydrogen (secondary N) is 1. The first-order valence-corrected chi connectivity index (χ1v) is 3.68. The number of carbonyl (C=O) groups is 1. The lowest BCUT2D eigenvalue weighted by Gasteiger charge is -2.13. The molecule has 0 aromatic heterocycles. The molecule has 0 rings (SSSR count). The highest BCUT2D eigenvalue weighted by atomic mass is 16.7. The summed E-state index contributed by atoms with van der Waals surface area (Å²) in [6.45, 7) is 0.929. The van der Waals surface area contributed by atoms with Gasteiger partial charge in [0, 0.05) is 27.3 Å². The summed E-state index contributed by atoms with van der Waals surface area (Å²) in [4.78, 5) is 10.1. The van der Waals surface area contributed by atoms with E-state index >= 15 is 0 Å². The zero-order valence-corrected chi connectivity index (χ0v) is 7.37. The van der Waals surface area contributed by atoms with Crippen LogP contribution in [-0.2, 0) is 14.3 Å². The summed E-state index contributed by atoms with van der Waals surface area (Å²) in [5, 5.41) is 11.2. The maximum Gasteiger partial charge on any atom is 0.304 e. The van der Waals surface area contributed by atoms with Crippen LogP contribution in [0.4, 0.5) is 0 Å². The molecule has 0 aromatic carbocycles. The van der Waals surface area contributed by atoms with Crippen LogP contribution >= 0.6 is 0 Å². The Balaban J connectivity index is 3.23. The normalized spacial score (nSPS) is 10.6. The number of methoxy groups -OCH3 is 2. The molecule has 0 aliphatic rings. The second kappa shape index (κ2) is 7.02. The van der Waals surface area contributed by atoms with Gasteiger partial charge in [0.2, 0.25) is 0 Å². The van der Waals surface area contributed by atoms with Crippen molar-refractivity contribution in [3.05, 3.63) is 0 Å². The quantitative estimate of drug-likeness (QED) is 0.411. The van der Waals surface area contributed by atoms with Gasteiger partial charge in [-0.05, 0) is 0 Å². The fourth-order valence-corrected chi connectivity index (χ4v) is 0.678. The zero-order chi connectivity index (χ0) is 9.40. The molecule has 0 aromatic rings. The van der Waals surface area contributed by atoms with Crippen molar-refractivity contribution in [3.8, 4) is 0 Å². The lowest BCUT2D eigenvalue weighted by molar-refractivity contribution is -0.137. The van der Waals surface area contributed by atoms with Gasteiger partial charge < -0.3 is 19.9 Å². The third kappa shape index (κ3) is 6.09. The summed E-state index contributed by atoms with van der Waals surface area (Å²) in [7, 11) is 3.07. The summed E-state index contributed by atoms with van der Waals surface area (Å²) in [6, 6.07) is 0. The van der Waals surface area contributed by atoms with Crippen LogP contribution in [0.2, 0.25) is 0 Å². The summed E-state index contributed by atoms with van der Waals surface area (Å²) < 4.78 is 9.75. The minimum atomic E-state index is -0.811. The van der Waals surface area contributed by atoms with E-state index in [1.165, 1.54) is 14.2 Å². The van der Waals surface area contributed by atoms with Crippen molar-refractivity contribution in [2.24, 2.45) is 0 Å². The van der Waals surface area contributed by atoms with Gasteiger partial charge in [-0.3, -0.25) is 4.79 Å². The third-order valence-corrected chi connectivity index (χ3v) is 1.35. The molecule has 0 unspecified atom stereocenters. The Morgan fingerprint density at radius 2 is 2.08 bits per heavy atom. The minimum absolute atomic E-state index is 0.111. The van der Waals surface area contributed by atoms with Gasteiger partial charge in [0.25, 0.3) is 0 Å². The smallest absolute Gasteiger partial charge is 0.304 e. The second-order valence-corrected chi connectivity index (χ2v) is 2.25. The molecule has 5 heteroatoms. The molecule has 12 heavy (non-hydrogen) atoms. The van der Waals surface area contributed by atoms with E-state index in [2.05, 4.69) is 5.32 Å². The van der Waals surface area contributed by atoms with Crippen molar-refractivity contribution in [2.45, 2.75) is 12.7 Å². The molecule has 2 N–H and O–H groups in total. The fraction of sp³-hybridized carbons (Fsp3) is 0.857. The van der Waals surface area contributed by atoms with Crippen LogP contribution in [0, 0.1) is 0 Å². The third-order valence-electron chi connectivity index (χ3n) is 1.35. The van der Waals surface area contributed by atoms with Crippen LogP contribution in [0.15, 0.2) is 0 Å². The Labute approximate surface area is 71.7 Å². The molecule has 0 saturated heterocycles. The molecule has 0 spiro atoms. The van der Waals surface area contributed by atoms with E-state index in [9.17, 15) is 4.79 Å². The van der Waals surface area contributed by atoms with Gasteiger partial charge >= 0.3 is 5.97 Å². The molecule has 72 valence electrons. The van der Waals surface area contributed by atoms with E-state index in [0.29, 0.717) is 13.1 Å². The zero-order valence-electron chi connectivity index (χ0n) is 7.37. The van der Waals surface area contributed by atoms with E-state index in [4.69, 9.17) is 14.6 Å². The first-order valence-electron chi connectivity index (χ1n) is 3.68. The molecule has 0 bridgehead atoms. The molecule has 0 amide bonds. The molecule has 0 atom stereocenters. The Morgan fingerprint density at radius 3 is 2.50 bits per heavy atom. The lowest BCUT2D eigenvalue weighted by atomic mass is 10.4. The van der Waals surface area contributed by atoms with Crippen molar-refractivity contribution in [1.82, 2.24) is 5.32 Å². The minimum Gasteiger partial charge on any atom is -0.481 e. The molecular weight excluding hydrogens is 162 g/mol. The maximum absolute atomic E-state index is 10.1. The average molecular weight is 177 g/mol. The average Bonchev–Trinajstić information content (AvgIpc) is 2.04. The Kier molecular flexibility index (Phi) is 6.64. The number of ether oxygens (including phenoxy) is 2.